The van der Waals surface area contributed by atoms with Crippen LogP contribution in [-0.2, 0) is 14.3 Å². The second-order valence-electron chi connectivity index (χ2n) is 7.08. The summed E-state index contributed by atoms with van der Waals surface area (Å²) in [6.07, 6.45) is 2.00. The lowest BCUT2D eigenvalue weighted by atomic mass is 10.0. The van der Waals surface area contributed by atoms with E-state index < -0.39 is 24.0 Å². The molecule has 0 aliphatic carbocycles. The molecule has 1 amide bonds. The van der Waals surface area contributed by atoms with Crippen molar-refractivity contribution in [2.75, 3.05) is 7.11 Å². The quantitative estimate of drug-likeness (QED) is 0.409. The molecule has 6 nitrogen and oxygen atoms in total. The van der Waals surface area contributed by atoms with Gasteiger partial charge in [0.25, 0.3) is 0 Å². The predicted molar refractivity (Wildman–Crippen MR) is 115 cm³/mol. The zero-order valence-corrected chi connectivity index (χ0v) is 17.9. The van der Waals surface area contributed by atoms with Crippen LogP contribution in [0.5, 0.6) is 5.75 Å². The lowest BCUT2D eigenvalue weighted by Crippen LogP contribution is -2.41. The molecule has 158 valence electrons. The first kappa shape index (κ1) is 22.9. The number of methoxy groups -OCH3 is 1. The van der Waals surface area contributed by atoms with E-state index in [1.807, 2.05) is 19.9 Å². The van der Waals surface area contributed by atoms with Crippen LogP contribution in [0.15, 0.2) is 48.5 Å². The van der Waals surface area contributed by atoms with Gasteiger partial charge < -0.3 is 14.8 Å². The first-order valence-electron chi connectivity index (χ1n) is 9.66. The number of carbonyl (C=O) groups excluding carboxylic acids is 3. The van der Waals surface area contributed by atoms with Crippen LogP contribution >= 0.6 is 0 Å². The fourth-order valence-corrected chi connectivity index (χ4v) is 2.67. The molecule has 0 spiro atoms. The molecule has 0 bridgehead atoms. The number of nitrogens with one attached hydrogen (secondary N) is 1. The van der Waals surface area contributed by atoms with Gasteiger partial charge in [0.05, 0.1) is 7.11 Å². The van der Waals surface area contributed by atoms with Crippen molar-refractivity contribution in [3.05, 3.63) is 70.8 Å². The first-order valence-corrected chi connectivity index (χ1v) is 9.66. The van der Waals surface area contributed by atoms with E-state index in [2.05, 4.69) is 5.32 Å². The average molecular weight is 409 g/mol. The lowest BCUT2D eigenvalue weighted by Gasteiger charge is -2.17. The summed E-state index contributed by atoms with van der Waals surface area (Å²) in [6, 6.07) is 11.6. The van der Waals surface area contributed by atoms with Crippen LogP contribution in [0.4, 0.5) is 0 Å². The molecule has 30 heavy (non-hydrogen) atoms. The maximum Gasteiger partial charge on any atom is 0.329 e. The predicted octanol–water partition coefficient (Wildman–Crippen LogP) is 3.64. The highest BCUT2D eigenvalue weighted by molar-refractivity contribution is 6.01. The van der Waals surface area contributed by atoms with E-state index in [0.717, 1.165) is 22.4 Å². The molecule has 2 rings (SSSR count). The van der Waals surface area contributed by atoms with Crippen molar-refractivity contribution >= 4 is 23.7 Å². The van der Waals surface area contributed by atoms with Crippen LogP contribution in [-0.4, -0.2) is 36.9 Å². The normalized spacial score (nSPS) is 12.8. The van der Waals surface area contributed by atoms with Crippen LogP contribution in [0.2, 0.25) is 0 Å². The van der Waals surface area contributed by atoms with Crippen molar-refractivity contribution in [1.82, 2.24) is 5.32 Å². The number of carbonyl (C=O) groups is 3. The molecule has 0 heterocycles. The van der Waals surface area contributed by atoms with Gasteiger partial charge >= 0.3 is 5.97 Å². The van der Waals surface area contributed by atoms with Gasteiger partial charge in [0.15, 0.2) is 6.10 Å². The number of rotatable bonds is 8. The molecule has 1 N–H and O–H groups in total. The summed E-state index contributed by atoms with van der Waals surface area (Å²) in [5, 5.41) is 2.54. The summed E-state index contributed by atoms with van der Waals surface area (Å²) in [5.41, 5.74) is 3.37. The van der Waals surface area contributed by atoms with Gasteiger partial charge in [-0.3, -0.25) is 9.59 Å². The Kier molecular flexibility index (Phi) is 7.92. The number of hydrogen-bond acceptors (Lipinski definition) is 5. The van der Waals surface area contributed by atoms with Crippen LogP contribution in [0.1, 0.15) is 40.9 Å². The number of ketones is 1. The number of hydrogen-bond donors (Lipinski definition) is 1. The molecule has 0 radical (unpaired) electrons. The van der Waals surface area contributed by atoms with Crippen molar-refractivity contribution in [2.45, 2.75) is 39.8 Å². The molecule has 2 aromatic carbocycles. The van der Waals surface area contributed by atoms with Crippen molar-refractivity contribution in [2.24, 2.45) is 0 Å². The molecule has 0 aromatic heterocycles. The number of aryl methyl sites for hydroxylation is 2. The van der Waals surface area contributed by atoms with Crippen LogP contribution in [0, 0.1) is 13.8 Å². The SMILES string of the molecule is COc1ccc(C=CC(=O)N[C@@H](C)C(=O)OC(C)C(=O)c2ccc(C)c(C)c2)cc1. The Morgan fingerprint density at radius 1 is 0.967 bits per heavy atom. The van der Waals surface area contributed by atoms with Crippen LogP contribution in [0.3, 0.4) is 0 Å². The van der Waals surface area contributed by atoms with E-state index >= 15 is 0 Å². The van der Waals surface area contributed by atoms with Crippen LogP contribution in [0.25, 0.3) is 6.08 Å². The Morgan fingerprint density at radius 2 is 1.63 bits per heavy atom. The third-order valence-electron chi connectivity index (χ3n) is 4.71. The zero-order chi connectivity index (χ0) is 22.3. The maximum atomic E-state index is 12.5. The Hall–Kier alpha value is -3.41. The summed E-state index contributed by atoms with van der Waals surface area (Å²) >= 11 is 0. The van der Waals surface area contributed by atoms with Crippen molar-refractivity contribution in [1.29, 1.82) is 0 Å². The third kappa shape index (κ3) is 6.30. The first-order chi connectivity index (χ1) is 14.2. The fourth-order valence-electron chi connectivity index (χ4n) is 2.67. The molecule has 0 fully saturated rings. The standard InChI is InChI=1S/C24H27NO5/c1-15-6-10-20(14-16(15)2)23(27)18(4)30-24(28)17(3)25-22(26)13-9-19-7-11-21(29-5)12-8-19/h6-14,17-18H,1-5H3,(H,25,26)/t17-,18?/m0/s1. The zero-order valence-electron chi connectivity index (χ0n) is 17.9. The summed E-state index contributed by atoms with van der Waals surface area (Å²) in [4.78, 5) is 36.8. The van der Waals surface area contributed by atoms with Crippen molar-refractivity contribution < 1.29 is 23.9 Å². The smallest absolute Gasteiger partial charge is 0.329 e. The average Bonchev–Trinajstić information content (AvgIpc) is 2.73. The molecule has 2 aromatic rings. The highest BCUT2D eigenvalue weighted by Crippen LogP contribution is 2.14. The number of benzene rings is 2. The highest BCUT2D eigenvalue weighted by atomic mass is 16.5. The van der Waals surface area contributed by atoms with Gasteiger partial charge in [0, 0.05) is 11.6 Å². The van der Waals surface area contributed by atoms with E-state index in [4.69, 9.17) is 9.47 Å². The molecule has 2 atom stereocenters. The van der Waals surface area contributed by atoms with E-state index in [9.17, 15) is 14.4 Å². The van der Waals surface area contributed by atoms with Crippen molar-refractivity contribution in [3.63, 3.8) is 0 Å². The van der Waals surface area contributed by atoms with E-state index in [1.165, 1.54) is 19.9 Å². The molecule has 6 heteroatoms. The summed E-state index contributed by atoms with van der Waals surface area (Å²) in [7, 11) is 1.58. The van der Waals surface area contributed by atoms with Gasteiger partial charge in [0.1, 0.15) is 11.8 Å². The molecule has 1 unspecified atom stereocenters. The van der Waals surface area contributed by atoms with Gasteiger partial charge in [-0.2, -0.15) is 0 Å². The summed E-state index contributed by atoms with van der Waals surface area (Å²) < 4.78 is 10.3. The lowest BCUT2D eigenvalue weighted by molar-refractivity contribution is -0.149. The molecule has 0 aliphatic rings. The summed E-state index contributed by atoms with van der Waals surface area (Å²) in [5.74, 6) is -0.684. The number of Topliss-reactive ketones (excluding diaryl/α,β-unsaturated/α-hetero) is 1. The topological polar surface area (TPSA) is 81.7 Å². The minimum atomic E-state index is -0.950. The number of amides is 1. The van der Waals surface area contributed by atoms with E-state index in [1.54, 1.807) is 49.6 Å². The fraction of sp³-hybridized carbons (Fsp3) is 0.292. The Morgan fingerprint density at radius 3 is 2.23 bits per heavy atom. The molecular formula is C24H27NO5. The van der Waals surface area contributed by atoms with E-state index in [-0.39, 0.29) is 5.78 Å². The summed E-state index contributed by atoms with van der Waals surface area (Å²) in [6.45, 7) is 6.91. The maximum absolute atomic E-state index is 12.5. The minimum Gasteiger partial charge on any atom is -0.497 e. The van der Waals surface area contributed by atoms with Crippen molar-refractivity contribution in [3.8, 4) is 5.75 Å². The van der Waals surface area contributed by atoms with Gasteiger partial charge in [-0.15, -0.1) is 0 Å². The third-order valence-corrected chi connectivity index (χ3v) is 4.71. The van der Waals surface area contributed by atoms with Gasteiger partial charge in [-0.05, 0) is 68.7 Å². The Balaban J connectivity index is 1.89. The molecular weight excluding hydrogens is 382 g/mol. The van der Waals surface area contributed by atoms with E-state index in [0.29, 0.717) is 5.56 Å². The monoisotopic (exact) mass is 409 g/mol. The molecule has 0 saturated carbocycles. The van der Waals surface area contributed by atoms with Crippen LogP contribution < -0.4 is 10.1 Å². The number of esters is 1. The Bertz CT molecular complexity index is 947. The van der Waals surface area contributed by atoms with Gasteiger partial charge in [-0.25, -0.2) is 4.79 Å². The largest absolute Gasteiger partial charge is 0.497 e. The van der Waals surface area contributed by atoms with Gasteiger partial charge in [-0.1, -0.05) is 24.3 Å². The molecule has 0 aliphatic heterocycles. The highest BCUT2D eigenvalue weighted by Gasteiger charge is 2.23. The molecule has 0 saturated heterocycles. The number of ether oxygens (including phenoxy) is 2. The van der Waals surface area contributed by atoms with Gasteiger partial charge in [0.2, 0.25) is 11.7 Å². The minimum absolute atomic E-state index is 0.288. The Labute approximate surface area is 176 Å². The second-order valence-corrected chi connectivity index (χ2v) is 7.08. The second kappa shape index (κ2) is 10.4.